The molecule has 1 fully saturated rings. The first-order valence-electron chi connectivity index (χ1n) is 5.98. The lowest BCUT2D eigenvalue weighted by Gasteiger charge is -2.25. The zero-order chi connectivity index (χ0) is 12.8. The molecule has 1 aromatic carbocycles. The van der Waals surface area contributed by atoms with Gasteiger partial charge in [-0.3, -0.25) is 0 Å². The van der Waals surface area contributed by atoms with Gasteiger partial charge >= 0.3 is 0 Å². The molecule has 0 unspecified atom stereocenters. The van der Waals surface area contributed by atoms with E-state index < -0.39 is 0 Å². The molecule has 0 aromatic heterocycles. The van der Waals surface area contributed by atoms with Gasteiger partial charge in [0.1, 0.15) is 16.8 Å². The second kappa shape index (κ2) is 6.68. The van der Waals surface area contributed by atoms with E-state index in [1.807, 2.05) is 24.3 Å². The van der Waals surface area contributed by atoms with Crippen LogP contribution in [0, 0.1) is 0 Å². The highest BCUT2D eigenvalue weighted by Gasteiger charge is 2.17. The average Bonchev–Trinajstić information content (AvgIpc) is 2.31. The van der Waals surface area contributed by atoms with Crippen molar-refractivity contribution in [2.45, 2.75) is 12.5 Å². The number of nitrogens with two attached hydrogens (primary N) is 1. The molecule has 0 amide bonds. The molecule has 0 aliphatic carbocycles. The van der Waals surface area contributed by atoms with E-state index in [1.165, 1.54) is 0 Å². The Bertz CT molecular complexity index is 407. The van der Waals surface area contributed by atoms with Gasteiger partial charge in [0.15, 0.2) is 0 Å². The smallest absolute Gasteiger partial charge is 0.119 e. The van der Waals surface area contributed by atoms with E-state index in [2.05, 4.69) is 0 Å². The second-order valence-corrected chi connectivity index (χ2v) is 4.56. The van der Waals surface area contributed by atoms with E-state index in [0.29, 0.717) is 18.2 Å². The fourth-order valence-corrected chi connectivity index (χ4v) is 1.68. The van der Waals surface area contributed by atoms with Crippen molar-refractivity contribution in [1.29, 1.82) is 0 Å². The van der Waals surface area contributed by atoms with Crippen LogP contribution in [0.1, 0.15) is 12.0 Å². The Kier molecular flexibility index (Phi) is 4.92. The van der Waals surface area contributed by atoms with Gasteiger partial charge in [-0.05, 0) is 12.1 Å². The van der Waals surface area contributed by atoms with Crippen LogP contribution in [0.2, 0.25) is 0 Å². The predicted octanol–water partition coefficient (Wildman–Crippen LogP) is 1.51. The summed E-state index contributed by atoms with van der Waals surface area (Å²) in [7, 11) is 0. The first-order valence-corrected chi connectivity index (χ1v) is 6.38. The predicted molar refractivity (Wildman–Crippen MR) is 73.0 cm³/mol. The summed E-state index contributed by atoms with van der Waals surface area (Å²) < 4.78 is 16.2. The summed E-state index contributed by atoms with van der Waals surface area (Å²) in [5, 5.41) is 0. The van der Waals surface area contributed by atoms with Gasteiger partial charge in [0.25, 0.3) is 0 Å². The van der Waals surface area contributed by atoms with Crippen LogP contribution in [0.3, 0.4) is 0 Å². The molecule has 1 saturated heterocycles. The monoisotopic (exact) mass is 267 g/mol. The molecule has 98 valence electrons. The third-order valence-electron chi connectivity index (χ3n) is 2.64. The van der Waals surface area contributed by atoms with Crippen molar-refractivity contribution in [3.8, 4) is 5.75 Å². The van der Waals surface area contributed by atoms with Crippen LogP contribution in [0.25, 0.3) is 0 Å². The van der Waals surface area contributed by atoms with E-state index in [9.17, 15) is 0 Å². The molecule has 0 saturated carbocycles. The molecule has 1 aromatic rings. The van der Waals surface area contributed by atoms with E-state index in [-0.39, 0.29) is 6.10 Å². The maximum absolute atomic E-state index is 5.60. The quantitative estimate of drug-likeness (QED) is 0.599. The molecule has 18 heavy (non-hydrogen) atoms. The standard InChI is InChI=1S/C13H17NO3S/c14-13(18)10-3-1-4-11(7-10)16-5-2-6-17-12-8-15-9-12/h1,3-4,7,12H,2,5-6,8-9H2,(H2,14,18). The summed E-state index contributed by atoms with van der Waals surface area (Å²) in [6.45, 7) is 2.76. The van der Waals surface area contributed by atoms with Crippen molar-refractivity contribution in [2.75, 3.05) is 26.4 Å². The van der Waals surface area contributed by atoms with Crippen LogP contribution in [0.4, 0.5) is 0 Å². The van der Waals surface area contributed by atoms with Crippen LogP contribution in [0.5, 0.6) is 5.75 Å². The van der Waals surface area contributed by atoms with Gasteiger partial charge in [-0.2, -0.15) is 0 Å². The van der Waals surface area contributed by atoms with E-state index in [4.69, 9.17) is 32.2 Å². The summed E-state index contributed by atoms with van der Waals surface area (Å²) in [5.74, 6) is 0.785. The number of ether oxygens (including phenoxy) is 3. The number of thiocarbonyl (C=S) groups is 1. The fraction of sp³-hybridized carbons (Fsp3) is 0.462. The van der Waals surface area contributed by atoms with Gasteiger partial charge in [-0.1, -0.05) is 24.4 Å². The minimum Gasteiger partial charge on any atom is -0.493 e. The number of hydrogen-bond donors (Lipinski definition) is 1. The molecule has 2 rings (SSSR count). The van der Waals surface area contributed by atoms with Crippen molar-refractivity contribution in [3.05, 3.63) is 29.8 Å². The highest BCUT2D eigenvalue weighted by atomic mass is 32.1. The fourth-order valence-electron chi connectivity index (χ4n) is 1.55. The Balaban J connectivity index is 1.66. The highest BCUT2D eigenvalue weighted by molar-refractivity contribution is 7.80. The molecule has 0 bridgehead atoms. The highest BCUT2D eigenvalue weighted by Crippen LogP contribution is 2.13. The first-order chi connectivity index (χ1) is 8.75. The van der Waals surface area contributed by atoms with Gasteiger partial charge in [0.2, 0.25) is 0 Å². The van der Waals surface area contributed by atoms with E-state index >= 15 is 0 Å². The van der Waals surface area contributed by atoms with Gasteiger partial charge in [-0.25, -0.2) is 0 Å². The molecule has 0 spiro atoms. The maximum atomic E-state index is 5.60. The summed E-state index contributed by atoms with van der Waals surface area (Å²) in [6.07, 6.45) is 1.14. The lowest BCUT2D eigenvalue weighted by Crippen LogP contribution is -2.36. The van der Waals surface area contributed by atoms with Gasteiger partial charge in [0, 0.05) is 12.0 Å². The molecule has 4 nitrogen and oxygen atoms in total. The molecule has 1 aliphatic rings. The van der Waals surface area contributed by atoms with E-state index in [0.717, 1.165) is 30.9 Å². The summed E-state index contributed by atoms with van der Waals surface area (Å²) >= 11 is 4.91. The minimum atomic E-state index is 0.281. The lowest BCUT2D eigenvalue weighted by atomic mass is 10.2. The molecule has 0 radical (unpaired) electrons. The number of rotatable bonds is 7. The van der Waals surface area contributed by atoms with Crippen molar-refractivity contribution in [2.24, 2.45) is 5.73 Å². The first kappa shape index (κ1) is 13.3. The minimum absolute atomic E-state index is 0.281. The zero-order valence-electron chi connectivity index (χ0n) is 10.1. The summed E-state index contributed by atoms with van der Waals surface area (Å²) in [6, 6.07) is 7.49. The van der Waals surface area contributed by atoms with Crippen molar-refractivity contribution < 1.29 is 14.2 Å². The van der Waals surface area contributed by atoms with Crippen LogP contribution in [-0.2, 0) is 9.47 Å². The summed E-state index contributed by atoms with van der Waals surface area (Å²) in [4.78, 5) is 0.383. The Labute approximate surface area is 112 Å². The van der Waals surface area contributed by atoms with Crippen LogP contribution in [0.15, 0.2) is 24.3 Å². The van der Waals surface area contributed by atoms with E-state index in [1.54, 1.807) is 0 Å². The second-order valence-electron chi connectivity index (χ2n) is 4.12. The van der Waals surface area contributed by atoms with Gasteiger partial charge < -0.3 is 19.9 Å². The third-order valence-corrected chi connectivity index (χ3v) is 2.87. The molecule has 1 heterocycles. The number of benzene rings is 1. The van der Waals surface area contributed by atoms with Crippen molar-refractivity contribution >= 4 is 17.2 Å². The number of hydrogen-bond acceptors (Lipinski definition) is 4. The Morgan fingerprint density at radius 2 is 2.22 bits per heavy atom. The summed E-state index contributed by atoms with van der Waals surface area (Å²) in [5.41, 5.74) is 6.38. The molecule has 5 heteroatoms. The molecule has 0 atom stereocenters. The zero-order valence-corrected chi connectivity index (χ0v) is 10.9. The third kappa shape index (κ3) is 3.94. The normalized spacial score (nSPS) is 15.1. The van der Waals surface area contributed by atoms with Crippen molar-refractivity contribution in [3.63, 3.8) is 0 Å². The Morgan fingerprint density at radius 3 is 2.89 bits per heavy atom. The largest absolute Gasteiger partial charge is 0.493 e. The molecular formula is C13H17NO3S. The Morgan fingerprint density at radius 1 is 1.39 bits per heavy atom. The average molecular weight is 267 g/mol. The van der Waals surface area contributed by atoms with Gasteiger partial charge in [0.05, 0.1) is 26.4 Å². The van der Waals surface area contributed by atoms with Crippen LogP contribution in [-0.4, -0.2) is 37.5 Å². The lowest BCUT2D eigenvalue weighted by molar-refractivity contribution is -0.130. The van der Waals surface area contributed by atoms with Gasteiger partial charge in [-0.15, -0.1) is 0 Å². The van der Waals surface area contributed by atoms with Crippen molar-refractivity contribution in [1.82, 2.24) is 0 Å². The maximum Gasteiger partial charge on any atom is 0.119 e. The van der Waals surface area contributed by atoms with Crippen LogP contribution < -0.4 is 10.5 Å². The topological polar surface area (TPSA) is 53.7 Å². The molecule has 1 aliphatic heterocycles. The molecular weight excluding hydrogens is 250 g/mol. The van der Waals surface area contributed by atoms with Crippen LogP contribution >= 0.6 is 12.2 Å². The Hall–Kier alpha value is -1.17. The SMILES string of the molecule is NC(=S)c1cccc(OCCCOC2COC2)c1. The molecule has 2 N–H and O–H groups in total.